The van der Waals surface area contributed by atoms with E-state index in [1.807, 2.05) is 26.2 Å². The molecule has 1 aromatic rings. The van der Waals surface area contributed by atoms with Gasteiger partial charge in [0, 0.05) is 20.6 Å². The van der Waals surface area contributed by atoms with Gasteiger partial charge in [0.2, 0.25) is 0 Å². The number of thiophene rings is 1. The van der Waals surface area contributed by atoms with E-state index in [0.717, 1.165) is 22.8 Å². The first-order valence-corrected chi connectivity index (χ1v) is 5.53. The van der Waals surface area contributed by atoms with Crippen molar-refractivity contribution in [3.05, 3.63) is 17.0 Å². The number of amides is 1. The number of nitrogens with zero attached hydrogens (tertiary/aromatic N) is 1. The van der Waals surface area contributed by atoms with Gasteiger partial charge < -0.3 is 10.2 Å². The quantitative estimate of drug-likeness (QED) is 0.889. The molecule has 5 heteroatoms. The van der Waals surface area contributed by atoms with E-state index in [4.69, 9.17) is 0 Å². The Bertz CT molecular complexity index is 314. The zero-order valence-electron chi connectivity index (χ0n) is 9.24. The maximum atomic E-state index is 11.8. The van der Waals surface area contributed by atoms with Gasteiger partial charge in [0.25, 0.3) is 5.91 Å². The number of carbonyl (C=O) groups is 1. The summed E-state index contributed by atoms with van der Waals surface area (Å²) in [5.41, 5.74) is 0. The number of rotatable bonds is 4. The molecular weight excluding hydrogens is 232 g/mol. The molecule has 1 rings (SSSR count). The Morgan fingerprint density at radius 2 is 2.20 bits per heavy atom. The van der Waals surface area contributed by atoms with Crippen molar-refractivity contribution in [1.29, 1.82) is 0 Å². The van der Waals surface area contributed by atoms with Crippen molar-refractivity contribution in [2.45, 2.75) is 13.3 Å². The lowest BCUT2D eigenvalue weighted by atomic mass is 10.4. The summed E-state index contributed by atoms with van der Waals surface area (Å²) in [6.07, 6.45) is 0.993. The van der Waals surface area contributed by atoms with Crippen LogP contribution in [0.15, 0.2) is 12.1 Å². The Hall–Kier alpha value is -0.740. The van der Waals surface area contributed by atoms with Crippen molar-refractivity contribution < 1.29 is 4.79 Å². The molecule has 0 atom stereocenters. The first kappa shape index (κ1) is 14.3. The maximum absolute atomic E-state index is 11.8. The average Bonchev–Trinajstić information content (AvgIpc) is 2.65. The van der Waals surface area contributed by atoms with E-state index < -0.39 is 0 Å². The van der Waals surface area contributed by atoms with Crippen LogP contribution in [0.25, 0.3) is 0 Å². The smallest absolute Gasteiger partial charge is 0.263 e. The normalized spacial score (nSPS) is 9.27. The van der Waals surface area contributed by atoms with Crippen LogP contribution in [0.2, 0.25) is 0 Å². The lowest BCUT2D eigenvalue weighted by Gasteiger charge is -2.14. The Morgan fingerprint density at radius 3 is 2.67 bits per heavy atom. The van der Waals surface area contributed by atoms with Gasteiger partial charge >= 0.3 is 0 Å². The average molecular weight is 249 g/mol. The SMILES string of the molecule is CCCN(C)C(=O)c1ccc(NC)s1.Cl. The molecule has 0 aliphatic rings. The molecule has 0 spiro atoms. The summed E-state index contributed by atoms with van der Waals surface area (Å²) in [5, 5.41) is 4.05. The number of carbonyl (C=O) groups excluding carboxylic acids is 1. The lowest BCUT2D eigenvalue weighted by Crippen LogP contribution is -2.26. The highest BCUT2D eigenvalue weighted by atomic mass is 35.5. The Morgan fingerprint density at radius 1 is 1.53 bits per heavy atom. The van der Waals surface area contributed by atoms with Crippen LogP contribution in [0.4, 0.5) is 5.00 Å². The number of hydrogen-bond acceptors (Lipinski definition) is 3. The highest BCUT2D eigenvalue weighted by Gasteiger charge is 2.12. The van der Waals surface area contributed by atoms with Crippen molar-refractivity contribution in [3.63, 3.8) is 0 Å². The first-order chi connectivity index (χ1) is 6.69. The second-order valence-corrected chi connectivity index (χ2v) is 4.22. The monoisotopic (exact) mass is 248 g/mol. The summed E-state index contributed by atoms with van der Waals surface area (Å²) >= 11 is 1.49. The van der Waals surface area contributed by atoms with Crippen LogP contribution >= 0.6 is 23.7 Å². The van der Waals surface area contributed by atoms with Gasteiger partial charge in [0.15, 0.2) is 0 Å². The van der Waals surface area contributed by atoms with Crippen molar-refractivity contribution in [2.75, 3.05) is 26.0 Å². The van der Waals surface area contributed by atoms with E-state index in [1.165, 1.54) is 11.3 Å². The molecule has 1 aromatic heterocycles. The summed E-state index contributed by atoms with van der Waals surface area (Å²) in [6, 6.07) is 3.79. The molecule has 1 N–H and O–H groups in total. The van der Waals surface area contributed by atoms with Gasteiger partial charge in [-0.3, -0.25) is 4.79 Å². The van der Waals surface area contributed by atoms with Gasteiger partial charge in [0.1, 0.15) is 0 Å². The van der Waals surface area contributed by atoms with Gasteiger partial charge in [-0.25, -0.2) is 0 Å². The molecule has 0 bridgehead atoms. The standard InChI is InChI=1S/C10H16N2OS.ClH/c1-4-7-12(3)10(13)8-5-6-9(11-2)14-8;/h5-6,11H,4,7H2,1-3H3;1H. The first-order valence-electron chi connectivity index (χ1n) is 4.72. The van der Waals surface area contributed by atoms with Crippen molar-refractivity contribution in [3.8, 4) is 0 Å². The Labute approximate surface area is 101 Å². The fraction of sp³-hybridized carbons (Fsp3) is 0.500. The molecule has 1 amide bonds. The van der Waals surface area contributed by atoms with Crippen LogP contribution in [0, 0.1) is 0 Å². The van der Waals surface area contributed by atoms with Gasteiger partial charge in [-0.15, -0.1) is 23.7 Å². The third kappa shape index (κ3) is 3.72. The minimum absolute atomic E-state index is 0. The van der Waals surface area contributed by atoms with E-state index in [2.05, 4.69) is 12.2 Å². The predicted octanol–water partition coefficient (Wildman–Crippen LogP) is 2.69. The Kier molecular flexibility index (Phi) is 6.36. The minimum atomic E-state index is 0. The molecule has 0 aliphatic heterocycles. The molecule has 3 nitrogen and oxygen atoms in total. The largest absolute Gasteiger partial charge is 0.380 e. The second-order valence-electron chi connectivity index (χ2n) is 3.14. The zero-order valence-corrected chi connectivity index (χ0v) is 10.9. The maximum Gasteiger partial charge on any atom is 0.263 e. The molecule has 0 radical (unpaired) electrons. The highest BCUT2D eigenvalue weighted by molar-refractivity contribution is 7.17. The van der Waals surface area contributed by atoms with Crippen LogP contribution in [0.1, 0.15) is 23.0 Å². The molecule has 0 saturated heterocycles. The third-order valence-electron chi connectivity index (χ3n) is 1.97. The molecule has 0 aliphatic carbocycles. The fourth-order valence-electron chi connectivity index (χ4n) is 1.21. The number of nitrogens with one attached hydrogen (secondary N) is 1. The van der Waals surface area contributed by atoms with Crippen LogP contribution < -0.4 is 5.32 Å². The van der Waals surface area contributed by atoms with E-state index in [-0.39, 0.29) is 18.3 Å². The van der Waals surface area contributed by atoms with E-state index in [1.54, 1.807) is 4.90 Å². The lowest BCUT2D eigenvalue weighted by molar-refractivity contribution is 0.0800. The molecule has 15 heavy (non-hydrogen) atoms. The van der Waals surface area contributed by atoms with Gasteiger partial charge in [-0.1, -0.05) is 6.92 Å². The van der Waals surface area contributed by atoms with E-state index in [0.29, 0.717) is 0 Å². The topological polar surface area (TPSA) is 32.3 Å². The van der Waals surface area contributed by atoms with Crippen LogP contribution in [0.3, 0.4) is 0 Å². The molecule has 0 unspecified atom stereocenters. The van der Waals surface area contributed by atoms with E-state index in [9.17, 15) is 4.79 Å². The number of anilines is 1. The minimum Gasteiger partial charge on any atom is -0.380 e. The van der Waals surface area contributed by atoms with Crippen LogP contribution in [0.5, 0.6) is 0 Å². The molecule has 0 aromatic carbocycles. The highest BCUT2D eigenvalue weighted by Crippen LogP contribution is 2.22. The summed E-state index contributed by atoms with van der Waals surface area (Å²) < 4.78 is 0. The van der Waals surface area contributed by atoms with Gasteiger partial charge in [-0.05, 0) is 18.6 Å². The molecule has 1 heterocycles. The predicted molar refractivity (Wildman–Crippen MR) is 68.4 cm³/mol. The van der Waals surface area contributed by atoms with Crippen LogP contribution in [-0.4, -0.2) is 31.4 Å². The zero-order chi connectivity index (χ0) is 10.6. The summed E-state index contributed by atoms with van der Waals surface area (Å²) in [6.45, 7) is 2.88. The molecule has 0 fully saturated rings. The summed E-state index contributed by atoms with van der Waals surface area (Å²) in [7, 11) is 3.69. The number of halogens is 1. The molecule has 0 saturated carbocycles. The Balaban J connectivity index is 0.00000196. The van der Waals surface area contributed by atoms with Crippen molar-refractivity contribution >= 4 is 34.7 Å². The molecular formula is C10H17ClN2OS. The van der Waals surface area contributed by atoms with Crippen molar-refractivity contribution in [1.82, 2.24) is 4.90 Å². The third-order valence-corrected chi connectivity index (χ3v) is 3.06. The number of hydrogen-bond donors (Lipinski definition) is 1. The second kappa shape index (κ2) is 6.69. The summed E-state index contributed by atoms with van der Waals surface area (Å²) in [4.78, 5) is 14.3. The van der Waals surface area contributed by atoms with Gasteiger partial charge in [0.05, 0.1) is 9.88 Å². The summed E-state index contributed by atoms with van der Waals surface area (Å²) in [5.74, 6) is 0.110. The fourth-order valence-corrected chi connectivity index (χ4v) is 2.07. The van der Waals surface area contributed by atoms with Crippen molar-refractivity contribution in [2.24, 2.45) is 0 Å². The van der Waals surface area contributed by atoms with E-state index >= 15 is 0 Å². The van der Waals surface area contributed by atoms with Gasteiger partial charge in [-0.2, -0.15) is 0 Å². The van der Waals surface area contributed by atoms with Crippen LogP contribution in [-0.2, 0) is 0 Å². The molecule has 86 valence electrons.